The average Bonchev–Trinajstić information content (AvgIpc) is 2.50. The summed E-state index contributed by atoms with van der Waals surface area (Å²) >= 11 is 0. The summed E-state index contributed by atoms with van der Waals surface area (Å²) in [4.78, 5) is 10.8. The van der Waals surface area contributed by atoms with Gasteiger partial charge in [0.25, 0.3) is 5.54 Å². The smallest absolute Gasteiger partial charge is 0.256 e. The Bertz CT molecular complexity index is 430. The zero-order valence-corrected chi connectivity index (χ0v) is 11.3. The lowest BCUT2D eigenvalue weighted by Gasteiger charge is -2.20. The van der Waals surface area contributed by atoms with Crippen molar-refractivity contribution in [3.8, 4) is 0 Å². The van der Waals surface area contributed by atoms with E-state index in [0.29, 0.717) is 0 Å². The summed E-state index contributed by atoms with van der Waals surface area (Å²) in [6.45, 7) is 9.67. The predicted molar refractivity (Wildman–Crippen MR) is 75.0 cm³/mol. The molecule has 1 atom stereocenters. The van der Waals surface area contributed by atoms with Crippen LogP contribution >= 0.6 is 0 Å². The van der Waals surface area contributed by atoms with Crippen LogP contribution in [0.15, 0.2) is 48.6 Å². The minimum absolute atomic E-state index is 0.0550. The topological polar surface area (TPSA) is 43.1 Å². The standard InChI is InChI=1S/C15H21NO2/c1-5-14(2,3)11-9-13-8-6-7-10-15(4,12-13)16(17)18/h5-8,10,12H,1,9,11H2,2-4H3. The van der Waals surface area contributed by atoms with Crippen molar-refractivity contribution in [1.29, 1.82) is 0 Å². The number of hydrogen-bond donors (Lipinski definition) is 0. The van der Waals surface area contributed by atoms with Crippen LogP contribution in [0.5, 0.6) is 0 Å². The van der Waals surface area contributed by atoms with Gasteiger partial charge >= 0.3 is 0 Å². The molecule has 1 aliphatic carbocycles. The molecule has 0 radical (unpaired) electrons. The van der Waals surface area contributed by atoms with E-state index in [1.54, 1.807) is 25.2 Å². The quantitative estimate of drug-likeness (QED) is 0.417. The second kappa shape index (κ2) is 5.34. The molecule has 1 rings (SSSR count). The fourth-order valence-electron chi connectivity index (χ4n) is 1.74. The molecule has 18 heavy (non-hydrogen) atoms. The van der Waals surface area contributed by atoms with Crippen molar-refractivity contribution >= 4 is 0 Å². The van der Waals surface area contributed by atoms with Gasteiger partial charge in [-0.25, -0.2) is 0 Å². The molecule has 3 nitrogen and oxygen atoms in total. The van der Waals surface area contributed by atoms with Crippen LogP contribution in [0.3, 0.4) is 0 Å². The largest absolute Gasteiger partial charge is 0.263 e. The number of allylic oxidation sites excluding steroid dienone is 5. The van der Waals surface area contributed by atoms with Crippen LogP contribution in [-0.4, -0.2) is 10.5 Å². The van der Waals surface area contributed by atoms with E-state index < -0.39 is 5.54 Å². The summed E-state index contributed by atoms with van der Waals surface area (Å²) in [5.41, 5.74) is -0.0366. The summed E-state index contributed by atoms with van der Waals surface area (Å²) in [5.74, 6) is 0. The highest BCUT2D eigenvalue weighted by atomic mass is 16.6. The second-order valence-electron chi connectivity index (χ2n) is 5.61. The molecule has 98 valence electrons. The first-order valence-electron chi connectivity index (χ1n) is 6.15. The van der Waals surface area contributed by atoms with E-state index in [1.807, 2.05) is 18.2 Å². The van der Waals surface area contributed by atoms with Crippen LogP contribution < -0.4 is 0 Å². The molecule has 0 aromatic carbocycles. The first kappa shape index (κ1) is 14.4. The van der Waals surface area contributed by atoms with Crippen LogP contribution in [0.2, 0.25) is 0 Å². The van der Waals surface area contributed by atoms with Gasteiger partial charge in [0.05, 0.1) is 0 Å². The normalized spacial score (nSPS) is 23.4. The zero-order chi connectivity index (χ0) is 13.8. The van der Waals surface area contributed by atoms with Crippen molar-refractivity contribution < 1.29 is 4.92 Å². The Balaban J connectivity index is 2.85. The Morgan fingerprint density at radius 2 is 2.17 bits per heavy atom. The molecule has 0 fully saturated rings. The highest BCUT2D eigenvalue weighted by Gasteiger charge is 2.32. The highest BCUT2D eigenvalue weighted by Crippen LogP contribution is 2.28. The first-order valence-corrected chi connectivity index (χ1v) is 6.15. The molecule has 0 N–H and O–H groups in total. The molecule has 0 heterocycles. The van der Waals surface area contributed by atoms with Crippen molar-refractivity contribution in [2.75, 3.05) is 0 Å². The Labute approximate surface area is 109 Å². The van der Waals surface area contributed by atoms with Gasteiger partial charge in [-0.1, -0.05) is 38.2 Å². The molecule has 0 amide bonds. The van der Waals surface area contributed by atoms with Gasteiger partial charge < -0.3 is 0 Å². The van der Waals surface area contributed by atoms with Crippen LogP contribution in [0, 0.1) is 15.5 Å². The Kier molecular flexibility index (Phi) is 4.28. The van der Waals surface area contributed by atoms with Crippen molar-refractivity contribution in [3.63, 3.8) is 0 Å². The minimum atomic E-state index is -1.10. The maximum atomic E-state index is 11.1. The van der Waals surface area contributed by atoms with Gasteiger partial charge in [-0.15, -0.1) is 6.58 Å². The molecular weight excluding hydrogens is 226 g/mol. The minimum Gasteiger partial charge on any atom is -0.263 e. The summed E-state index contributed by atoms with van der Waals surface area (Å²) in [6, 6.07) is 0. The van der Waals surface area contributed by atoms with Gasteiger partial charge in [0.1, 0.15) is 0 Å². The molecule has 0 aromatic rings. The Hall–Kier alpha value is -1.64. The van der Waals surface area contributed by atoms with E-state index in [1.165, 1.54) is 0 Å². The molecule has 1 unspecified atom stereocenters. The number of nitrogens with zero attached hydrogens (tertiary/aromatic N) is 1. The van der Waals surface area contributed by atoms with E-state index in [-0.39, 0.29) is 10.3 Å². The van der Waals surface area contributed by atoms with Crippen molar-refractivity contribution in [1.82, 2.24) is 0 Å². The lowest BCUT2D eigenvalue weighted by Crippen LogP contribution is -2.30. The molecule has 3 heteroatoms. The van der Waals surface area contributed by atoms with E-state index >= 15 is 0 Å². The third-order valence-electron chi connectivity index (χ3n) is 3.34. The molecule has 0 spiro atoms. The molecule has 0 aliphatic heterocycles. The van der Waals surface area contributed by atoms with Crippen LogP contribution in [-0.2, 0) is 0 Å². The Morgan fingerprint density at radius 1 is 1.50 bits per heavy atom. The van der Waals surface area contributed by atoms with Crippen LogP contribution in [0.1, 0.15) is 33.6 Å². The van der Waals surface area contributed by atoms with E-state index in [4.69, 9.17) is 0 Å². The van der Waals surface area contributed by atoms with Gasteiger partial charge in [-0.3, -0.25) is 10.1 Å². The number of hydrogen-bond acceptors (Lipinski definition) is 2. The molecular formula is C15H21NO2. The SMILES string of the molecule is C=CC(C)(C)CCC1=CC(C)([N+](=O)[O-])C=CC=C1. The summed E-state index contributed by atoms with van der Waals surface area (Å²) < 4.78 is 0. The molecule has 0 saturated carbocycles. The molecule has 1 aliphatic rings. The summed E-state index contributed by atoms with van der Waals surface area (Å²) in [7, 11) is 0. The monoisotopic (exact) mass is 247 g/mol. The van der Waals surface area contributed by atoms with Crippen LogP contribution in [0.25, 0.3) is 0 Å². The summed E-state index contributed by atoms with van der Waals surface area (Å²) in [5, 5.41) is 11.1. The van der Waals surface area contributed by atoms with Crippen molar-refractivity contribution in [3.05, 3.63) is 58.7 Å². The predicted octanol–water partition coefficient (Wildman–Crippen LogP) is 4.07. The fourth-order valence-corrected chi connectivity index (χ4v) is 1.74. The molecule has 0 aromatic heterocycles. The van der Waals surface area contributed by atoms with E-state index in [2.05, 4.69) is 20.4 Å². The van der Waals surface area contributed by atoms with Gasteiger partial charge in [0.2, 0.25) is 0 Å². The van der Waals surface area contributed by atoms with Crippen molar-refractivity contribution in [2.45, 2.75) is 39.2 Å². The van der Waals surface area contributed by atoms with Crippen molar-refractivity contribution in [2.24, 2.45) is 5.41 Å². The molecule has 0 bridgehead atoms. The van der Waals surface area contributed by atoms with E-state index in [0.717, 1.165) is 18.4 Å². The average molecular weight is 247 g/mol. The fraction of sp³-hybridized carbons (Fsp3) is 0.467. The Morgan fingerprint density at radius 3 is 2.72 bits per heavy atom. The van der Waals surface area contributed by atoms with E-state index in [9.17, 15) is 10.1 Å². The number of rotatable bonds is 5. The van der Waals surface area contributed by atoms with Gasteiger partial charge in [0, 0.05) is 11.8 Å². The first-order chi connectivity index (χ1) is 8.29. The third kappa shape index (κ3) is 3.69. The van der Waals surface area contributed by atoms with Gasteiger partial charge in [-0.2, -0.15) is 0 Å². The second-order valence-corrected chi connectivity index (χ2v) is 5.61. The highest BCUT2D eigenvalue weighted by molar-refractivity contribution is 5.32. The number of nitro groups is 1. The maximum absolute atomic E-state index is 11.1. The lowest BCUT2D eigenvalue weighted by molar-refractivity contribution is -0.535. The van der Waals surface area contributed by atoms with Crippen LogP contribution in [0.4, 0.5) is 0 Å². The maximum Gasteiger partial charge on any atom is 0.256 e. The molecule has 0 saturated heterocycles. The zero-order valence-electron chi connectivity index (χ0n) is 11.3. The van der Waals surface area contributed by atoms with Gasteiger partial charge in [-0.05, 0) is 36.0 Å². The van der Waals surface area contributed by atoms with Gasteiger partial charge in [0.15, 0.2) is 0 Å². The lowest BCUT2D eigenvalue weighted by atomic mass is 9.85. The third-order valence-corrected chi connectivity index (χ3v) is 3.34. The summed E-state index contributed by atoms with van der Waals surface area (Å²) in [6.07, 6.45) is 12.6.